The fourth-order valence-corrected chi connectivity index (χ4v) is 3.81. The van der Waals surface area contributed by atoms with Crippen LogP contribution in [0.3, 0.4) is 0 Å². The maximum atomic E-state index is 12.8. The lowest BCUT2D eigenvalue weighted by Crippen LogP contribution is -2.49. The minimum atomic E-state index is 0.0380. The van der Waals surface area contributed by atoms with Gasteiger partial charge in [-0.3, -0.25) is 9.78 Å². The SMILES string of the molecule is Cc1oncc1C(=O)N1C2CCC1CC(Oc1cccnc1)C2. The molecule has 2 aromatic heterocycles. The molecule has 2 bridgehead atoms. The Morgan fingerprint density at radius 1 is 1.30 bits per heavy atom. The molecular formula is C17H19N3O3. The molecule has 0 spiro atoms. The van der Waals surface area contributed by atoms with Gasteiger partial charge in [0, 0.05) is 31.1 Å². The number of aryl methyl sites for hydroxylation is 1. The van der Waals surface area contributed by atoms with Crippen molar-refractivity contribution in [1.82, 2.24) is 15.0 Å². The van der Waals surface area contributed by atoms with Crippen molar-refractivity contribution >= 4 is 5.91 Å². The lowest BCUT2D eigenvalue weighted by atomic mass is 9.98. The molecule has 2 aliphatic heterocycles. The maximum Gasteiger partial charge on any atom is 0.259 e. The van der Waals surface area contributed by atoms with Crippen molar-refractivity contribution in [3.05, 3.63) is 42.0 Å². The van der Waals surface area contributed by atoms with E-state index in [2.05, 4.69) is 10.1 Å². The highest BCUT2D eigenvalue weighted by atomic mass is 16.5. The van der Waals surface area contributed by atoms with E-state index in [1.165, 1.54) is 6.20 Å². The molecule has 6 heteroatoms. The van der Waals surface area contributed by atoms with E-state index in [0.29, 0.717) is 11.3 Å². The van der Waals surface area contributed by atoms with Gasteiger partial charge in [-0.05, 0) is 31.9 Å². The predicted octanol–water partition coefficient (Wildman–Crippen LogP) is 2.59. The minimum absolute atomic E-state index is 0.0380. The first-order chi connectivity index (χ1) is 11.2. The average Bonchev–Trinajstić information content (AvgIpc) is 3.09. The third-order valence-electron chi connectivity index (χ3n) is 4.84. The summed E-state index contributed by atoms with van der Waals surface area (Å²) in [5.74, 6) is 1.42. The lowest BCUT2D eigenvalue weighted by Gasteiger charge is -2.38. The van der Waals surface area contributed by atoms with Gasteiger partial charge in [0.1, 0.15) is 23.2 Å². The van der Waals surface area contributed by atoms with Crippen LogP contribution in [0.2, 0.25) is 0 Å². The summed E-state index contributed by atoms with van der Waals surface area (Å²) in [4.78, 5) is 18.9. The second kappa shape index (κ2) is 5.68. The van der Waals surface area contributed by atoms with Crippen molar-refractivity contribution < 1.29 is 14.1 Å². The zero-order valence-electron chi connectivity index (χ0n) is 13.0. The Morgan fingerprint density at radius 3 is 2.70 bits per heavy atom. The number of carbonyl (C=O) groups excluding carboxylic acids is 1. The first-order valence-corrected chi connectivity index (χ1v) is 8.03. The number of amides is 1. The standard InChI is InChI=1S/C17H19N3O3/c1-11-16(10-19-23-11)17(21)20-12-4-5-13(20)8-15(7-12)22-14-3-2-6-18-9-14/h2-3,6,9-10,12-13,15H,4-5,7-8H2,1H3. The van der Waals surface area contributed by atoms with Crippen LogP contribution in [-0.2, 0) is 0 Å². The number of hydrogen-bond acceptors (Lipinski definition) is 5. The third kappa shape index (κ3) is 2.58. The van der Waals surface area contributed by atoms with Crippen LogP contribution in [0.5, 0.6) is 5.75 Å². The molecule has 0 radical (unpaired) electrons. The normalized spacial score (nSPS) is 26.3. The summed E-state index contributed by atoms with van der Waals surface area (Å²) in [6.45, 7) is 1.78. The van der Waals surface area contributed by atoms with Crippen molar-refractivity contribution in [2.24, 2.45) is 0 Å². The van der Waals surface area contributed by atoms with Crippen LogP contribution >= 0.6 is 0 Å². The molecule has 0 N–H and O–H groups in total. The molecule has 6 nitrogen and oxygen atoms in total. The molecule has 2 saturated heterocycles. The van der Waals surface area contributed by atoms with Crippen LogP contribution < -0.4 is 4.74 Å². The number of fused-ring (bicyclic) bond motifs is 2. The van der Waals surface area contributed by atoms with E-state index in [9.17, 15) is 4.79 Å². The third-order valence-corrected chi connectivity index (χ3v) is 4.84. The quantitative estimate of drug-likeness (QED) is 0.871. The molecule has 2 atom stereocenters. The first kappa shape index (κ1) is 14.2. The minimum Gasteiger partial charge on any atom is -0.489 e. The van der Waals surface area contributed by atoms with Crippen molar-refractivity contribution in [1.29, 1.82) is 0 Å². The van der Waals surface area contributed by atoms with Gasteiger partial charge >= 0.3 is 0 Å². The van der Waals surface area contributed by atoms with E-state index in [0.717, 1.165) is 31.4 Å². The number of carbonyl (C=O) groups is 1. The molecule has 2 fully saturated rings. The van der Waals surface area contributed by atoms with Gasteiger partial charge in [0.25, 0.3) is 5.91 Å². The molecule has 0 aromatic carbocycles. The summed E-state index contributed by atoms with van der Waals surface area (Å²) >= 11 is 0. The summed E-state index contributed by atoms with van der Waals surface area (Å²) in [7, 11) is 0. The van der Waals surface area contributed by atoms with E-state index in [1.54, 1.807) is 19.3 Å². The molecule has 0 aliphatic carbocycles. The van der Waals surface area contributed by atoms with Crippen LogP contribution in [0.25, 0.3) is 0 Å². The van der Waals surface area contributed by atoms with Gasteiger partial charge in [0.15, 0.2) is 0 Å². The second-order valence-electron chi connectivity index (χ2n) is 6.29. The molecule has 2 aliphatic rings. The Kier molecular flexibility index (Phi) is 3.52. The smallest absolute Gasteiger partial charge is 0.259 e. The van der Waals surface area contributed by atoms with E-state index in [4.69, 9.17) is 9.26 Å². The van der Waals surface area contributed by atoms with E-state index >= 15 is 0 Å². The largest absolute Gasteiger partial charge is 0.489 e. The molecule has 1 amide bonds. The van der Waals surface area contributed by atoms with Crippen LogP contribution in [0, 0.1) is 6.92 Å². The first-order valence-electron chi connectivity index (χ1n) is 8.03. The maximum absolute atomic E-state index is 12.8. The predicted molar refractivity (Wildman–Crippen MR) is 82.1 cm³/mol. The summed E-state index contributed by atoms with van der Waals surface area (Å²) in [5, 5.41) is 3.72. The van der Waals surface area contributed by atoms with Gasteiger partial charge in [0.05, 0.1) is 12.4 Å². The highest BCUT2D eigenvalue weighted by Gasteiger charge is 2.44. The Labute approximate surface area is 134 Å². The number of nitrogens with zero attached hydrogens (tertiary/aromatic N) is 3. The Bertz CT molecular complexity index is 686. The lowest BCUT2D eigenvalue weighted by molar-refractivity contribution is 0.0356. The number of pyridine rings is 1. The summed E-state index contributed by atoms with van der Waals surface area (Å²) in [6, 6.07) is 4.26. The van der Waals surface area contributed by atoms with Crippen molar-refractivity contribution in [2.45, 2.75) is 50.8 Å². The monoisotopic (exact) mass is 313 g/mol. The summed E-state index contributed by atoms with van der Waals surface area (Å²) < 4.78 is 11.1. The zero-order valence-corrected chi connectivity index (χ0v) is 13.0. The summed E-state index contributed by atoms with van der Waals surface area (Å²) in [5.41, 5.74) is 0.577. The number of aromatic nitrogens is 2. The molecule has 0 saturated carbocycles. The van der Waals surface area contributed by atoms with Crippen LogP contribution in [0.4, 0.5) is 0 Å². The number of rotatable bonds is 3. The highest BCUT2D eigenvalue weighted by molar-refractivity contribution is 5.95. The van der Waals surface area contributed by atoms with Gasteiger partial charge in [-0.1, -0.05) is 5.16 Å². The molecule has 120 valence electrons. The van der Waals surface area contributed by atoms with Gasteiger partial charge in [-0.25, -0.2) is 0 Å². The molecule has 2 unspecified atom stereocenters. The molecular weight excluding hydrogens is 294 g/mol. The van der Waals surface area contributed by atoms with Gasteiger partial charge in [0.2, 0.25) is 0 Å². The molecule has 2 aromatic rings. The second-order valence-corrected chi connectivity index (χ2v) is 6.29. The van der Waals surface area contributed by atoms with Crippen LogP contribution in [-0.4, -0.2) is 39.1 Å². The van der Waals surface area contributed by atoms with Crippen LogP contribution in [0.1, 0.15) is 41.8 Å². The Morgan fingerprint density at radius 2 is 2.09 bits per heavy atom. The topological polar surface area (TPSA) is 68.5 Å². The zero-order chi connectivity index (χ0) is 15.8. The van der Waals surface area contributed by atoms with Crippen molar-refractivity contribution in [3.63, 3.8) is 0 Å². The molecule has 23 heavy (non-hydrogen) atoms. The van der Waals surface area contributed by atoms with Crippen molar-refractivity contribution in [3.8, 4) is 5.75 Å². The van der Waals surface area contributed by atoms with E-state index in [-0.39, 0.29) is 24.1 Å². The fraction of sp³-hybridized carbons (Fsp3) is 0.471. The van der Waals surface area contributed by atoms with E-state index in [1.807, 2.05) is 17.0 Å². The van der Waals surface area contributed by atoms with Gasteiger partial charge in [-0.2, -0.15) is 0 Å². The van der Waals surface area contributed by atoms with Crippen molar-refractivity contribution in [2.75, 3.05) is 0 Å². The molecule has 4 heterocycles. The van der Waals surface area contributed by atoms with Crippen LogP contribution in [0.15, 0.2) is 35.2 Å². The summed E-state index contributed by atoms with van der Waals surface area (Å²) in [6.07, 6.45) is 8.93. The Balaban J connectivity index is 1.48. The highest BCUT2D eigenvalue weighted by Crippen LogP contribution is 2.38. The molecule has 4 rings (SSSR count). The van der Waals surface area contributed by atoms with E-state index < -0.39 is 0 Å². The fourth-order valence-electron chi connectivity index (χ4n) is 3.81. The van der Waals surface area contributed by atoms with Gasteiger partial charge < -0.3 is 14.2 Å². The average molecular weight is 313 g/mol. The van der Waals surface area contributed by atoms with Gasteiger partial charge in [-0.15, -0.1) is 0 Å². The number of hydrogen-bond donors (Lipinski definition) is 0. The Hall–Kier alpha value is -2.37. The number of piperidine rings is 1. The number of ether oxygens (including phenoxy) is 1.